The van der Waals surface area contributed by atoms with Crippen LogP contribution < -0.4 is 10.0 Å². The molecule has 0 bridgehead atoms. The van der Waals surface area contributed by atoms with E-state index in [9.17, 15) is 22.0 Å². The lowest BCUT2D eigenvalue weighted by Gasteiger charge is -2.11. The van der Waals surface area contributed by atoms with Gasteiger partial charge < -0.3 is 0 Å². The fourth-order valence-corrected chi connectivity index (χ4v) is 4.83. The van der Waals surface area contributed by atoms with E-state index in [1.165, 1.54) is 48.5 Å². The zero-order valence-electron chi connectivity index (χ0n) is 16.0. The number of halogens is 2. The van der Waals surface area contributed by atoms with Crippen molar-refractivity contribution in [3.8, 4) is 0 Å². The van der Waals surface area contributed by atoms with Crippen molar-refractivity contribution >= 4 is 48.3 Å². The molecule has 4 aromatic rings. The Morgan fingerprint density at radius 2 is 1.68 bits per heavy atom. The molecule has 158 valence electrons. The molecule has 0 fully saturated rings. The number of hydrogen-bond donors (Lipinski definition) is 2. The molecule has 1 heterocycles. The summed E-state index contributed by atoms with van der Waals surface area (Å²) in [4.78, 5) is 16.9. The quantitative estimate of drug-likeness (QED) is 0.443. The van der Waals surface area contributed by atoms with E-state index in [-0.39, 0.29) is 21.3 Å². The Bertz CT molecular complexity index is 1400. The molecule has 0 atom stereocenters. The van der Waals surface area contributed by atoms with Gasteiger partial charge in [-0.3, -0.25) is 14.8 Å². The number of hydrogen-bond acceptors (Lipinski definition) is 5. The van der Waals surface area contributed by atoms with Gasteiger partial charge in [0.15, 0.2) is 5.13 Å². The van der Waals surface area contributed by atoms with Crippen LogP contribution in [0.15, 0.2) is 65.6 Å². The number of aryl methyl sites for hydroxylation is 1. The van der Waals surface area contributed by atoms with E-state index in [0.717, 1.165) is 23.5 Å². The number of anilines is 2. The lowest BCUT2D eigenvalue weighted by atomic mass is 10.1. The van der Waals surface area contributed by atoms with Gasteiger partial charge in [0.2, 0.25) is 0 Å². The summed E-state index contributed by atoms with van der Waals surface area (Å²) in [6.07, 6.45) is 0. The van der Waals surface area contributed by atoms with Crippen molar-refractivity contribution in [1.82, 2.24) is 4.98 Å². The van der Waals surface area contributed by atoms with Gasteiger partial charge in [-0.15, -0.1) is 0 Å². The molecule has 4 rings (SSSR count). The lowest BCUT2D eigenvalue weighted by molar-refractivity contribution is 0.102. The van der Waals surface area contributed by atoms with E-state index < -0.39 is 27.6 Å². The molecule has 0 aliphatic rings. The highest BCUT2D eigenvalue weighted by Gasteiger charge is 2.19. The molecule has 0 radical (unpaired) electrons. The Balaban J connectivity index is 1.60. The first-order valence-corrected chi connectivity index (χ1v) is 11.3. The molecule has 1 amide bonds. The third-order valence-corrected chi connectivity index (χ3v) is 6.74. The molecule has 0 spiro atoms. The van der Waals surface area contributed by atoms with Crippen LogP contribution in [0, 0.1) is 18.6 Å². The highest BCUT2D eigenvalue weighted by molar-refractivity contribution is 7.92. The average molecular weight is 459 g/mol. The van der Waals surface area contributed by atoms with Crippen LogP contribution >= 0.6 is 11.3 Å². The topological polar surface area (TPSA) is 88.2 Å². The number of benzene rings is 3. The number of nitrogens with zero attached hydrogens (tertiary/aromatic N) is 1. The van der Waals surface area contributed by atoms with Crippen LogP contribution in [0.3, 0.4) is 0 Å². The number of nitrogens with one attached hydrogen (secondary N) is 2. The Hall–Kier alpha value is -3.37. The van der Waals surface area contributed by atoms with Gasteiger partial charge in [0, 0.05) is 11.3 Å². The van der Waals surface area contributed by atoms with Gasteiger partial charge in [-0.2, -0.15) is 0 Å². The highest BCUT2D eigenvalue weighted by Crippen LogP contribution is 2.27. The predicted molar refractivity (Wildman–Crippen MR) is 116 cm³/mol. The molecule has 0 saturated heterocycles. The van der Waals surface area contributed by atoms with Crippen LogP contribution in [0.2, 0.25) is 0 Å². The maximum absolute atomic E-state index is 13.4. The van der Waals surface area contributed by atoms with Crippen LogP contribution in [0.1, 0.15) is 15.9 Å². The zero-order valence-corrected chi connectivity index (χ0v) is 17.7. The zero-order chi connectivity index (χ0) is 22.2. The highest BCUT2D eigenvalue weighted by atomic mass is 32.2. The van der Waals surface area contributed by atoms with Gasteiger partial charge in [-0.1, -0.05) is 17.4 Å². The fraction of sp³-hybridized carbons (Fsp3) is 0.0476. The van der Waals surface area contributed by atoms with Crippen LogP contribution in [0.25, 0.3) is 10.2 Å². The Morgan fingerprint density at radius 1 is 0.968 bits per heavy atom. The normalized spacial score (nSPS) is 11.5. The van der Waals surface area contributed by atoms with Crippen molar-refractivity contribution in [3.05, 3.63) is 83.4 Å². The first kappa shape index (κ1) is 20.9. The molecular formula is C21H15F2N3O3S2. The Morgan fingerprint density at radius 3 is 2.42 bits per heavy atom. The van der Waals surface area contributed by atoms with E-state index in [2.05, 4.69) is 15.0 Å². The summed E-state index contributed by atoms with van der Waals surface area (Å²) in [6.45, 7) is 1.67. The number of fused-ring (bicyclic) bond motifs is 1. The summed E-state index contributed by atoms with van der Waals surface area (Å²) in [7, 11) is -4.00. The summed E-state index contributed by atoms with van der Waals surface area (Å²) in [5.41, 5.74) is 1.44. The average Bonchev–Trinajstić information content (AvgIpc) is 3.11. The van der Waals surface area contributed by atoms with Gasteiger partial charge in [0.1, 0.15) is 11.6 Å². The Labute approximate surface area is 180 Å². The standard InChI is InChI=1S/C21H15F2N3O3S2/c1-12-2-8-16(31(28,29)26-15-6-3-13(22)4-7-15)11-17(12)20(27)25-21-24-18-9-5-14(23)10-19(18)30-21/h2-11,26H,1H3,(H,24,25,27). The number of thiazole rings is 1. The van der Waals surface area contributed by atoms with Crippen molar-refractivity contribution in [2.75, 3.05) is 10.0 Å². The number of carbonyl (C=O) groups excluding carboxylic acids is 1. The van der Waals surface area contributed by atoms with Crippen molar-refractivity contribution in [2.24, 2.45) is 0 Å². The van der Waals surface area contributed by atoms with Crippen molar-refractivity contribution in [1.29, 1.82) is 0 Å². The largest absolute Gasteiger partial charge is 0.298 e. The summed E-state index contributed by atoms with van der Waals surface area (Å²) in [5, 5.41) is 2.90. The first-order valence-electron chi connectivity index (χ1n) is 8.98. The summed E-state index contributed by atoms with van der Waals surface area (Å²) in [6, 6.07) is 13.1. The number of aromatic nitrogens is 1. The van der Waals surface area contributed by atoms with Crippen LogP contribution in [0.5, 0.6) is 0 Å². The van der Waals surface area contributed by atoms with Crippen molar-refractivity contribution < 1.29 is 22.0 Å². The minimum Gasteiger partial charge on any atom is -0.298 e. The predicted octanol–water partition coefficient (Wildman–Crippen LogP) is 4.94. The van der Waals surface area contributed by atoms with Gasteiger partial charge in [0.05, 0.1) is 15.1 Å². The van der Waals surface area contributed by atoms with Gasteiger partial charge in [-0.25, -0.2) is 22.2 Å². The number of carbonyl (C=O) groups is 1. The van der Waals surface area contributed by atoms with E-state index in [0.29, 0.717) is 15.8 Å². The smallest absolute Gasteiger partial charge is 0.261 e. The summed E-state index contributed by atoms with van der Waals surface area (Å²) < 4.78 is 54.7. The van der Waals surface area contributed by atoms with Gasteiger partial charge in [-0.05, 0) is 67.1 Å². The van der Waals surface area contributed by atoms with Crippen LogP contribution in [0.4, 0.5) is 19.6 Å². The van der Waals surface area contributed by atoms with E-state index >= 15 is 0 Å². The molecule has 31 heavy (non-hydrogen) atoms. The molecule has 6 nitrogen and oxygen atoms in total. The molecule has 0 unspecified atom stereocenters. The van der Waals surface area contributed by atoms with Crippen molar-refractivity contribution in [2.45, 2.75) is 11.8 Å². The van der Waals surface area contributed by atoms with Crippen molar-refractivity contribution in [3.63, 3.8) is 0 Å². The van der Waals surface area contributed by atoms with E-state index in [1.807, 2.05) is 0 Å². The minimum atomic E-state index is -4.00. The first-order chi connectivity index (χ1) is 14.7. The molecule has 0 aliphatic carbocycles. The van der Waals surface area contributed by atoms with Gasteiger partial charge in [0.25, 0.3) is 15.9 Å². The monoisotopic (exact) mass is 459 g/mol. The molecule has 10 heteroatoms. The third kappa shape index (κ3) is 4.54. The number of sulfonamides is 1. The molecule has 1 aromatic heterocycles. The van der Waals surface area contributed by atoms with E-state index in [1.54, 1.807) is 6.92 Å². The minimum absolute atomic E-state index is 0.126. The van der Waals surface area contributed by atoms with E-state index in [4.69, 9.17) is 0 Å². The second-order valence-electron chi connectivity index (χ2n) is 6.67. The molecule has 0 aliphatic heterocycles. The molecular weight excluding hydrogens is 444 g/mol. The fourth-order valence-electron chi connectivity index (χ4n) is 2.86. The SMILES string of the molecule is Cc1ccc(S(=O)(=O)Nc2ccc(F)cc2)cc1C(=O)Nc1nc2ccc(F)cc2s1. The molecule has 0 saturated carbocycles. The second-order valence-corrected chi connectivity index (χ2v) is 9.39. The number of amides is 1. The second kappa shape index (κ2) is 8.05. The van der Waals surface area contributed by atoms with Gasteiger partial charge >= 0.3 is 0 Å². The maximum atomic E-state index is 13.4. The third-order valence-electron chi connectivity index (χ3n) is 4.43. The van der Waals surface area contributed by atoms with Crippen LogP contribution in [-0.2, 0) is 10.0 Å². The summed E-state index contributed by atoms with van der Waals surface area (Å²) in [5.74, 6) is -1.44. The Kier molecular flexibility index (Phi) is 5.42. The molecule has 3 aromatic carbocycles. The maximum Gasteiger partial charge on any atom is 0.261 e. The number of rotatable bonds is 5. The molecule has 2 N–H and O–H groups in total. The summed E-state index contributed by atoms with van der Waals surface area (Å²) >= 11 is 1.11. The van der Waals surface area contributed by atoms with Crippen LogP contribution in [-0.4, -0.2) is 19.3 Å². The lowest BCUT2D eigenvalue weighted by Crippen LogP contribution is -2.17.